The molecule has 1 saturated carbocycles. The maximum Gasteiger partial charge on any atom is 0.291 e. The highest BCUT2D eigenvalue weighted by Crippen LogP contribution is 2.46. The van der Waals surface area contributed by atoms with Crippen LogP contribution in [0.5, 0.6) is 0 Å². The molecule has 0 amide bonds. The van der Waals surface area contributed by atoms with Gasteiger partial charge in [0.2, 0.25) is 0 Å². The number of fused-ring (bicyclic) bond motifs is 1. The second-order valence-electron chi connectivity index (χ2n) is 6.46. The standard InChI is InChI=1S/C17H22N4O/c1-3-4-6-11-7-5-8-12-13(11)20-15(22)14(18)21(12)16(19)17(2)9-10-17/h5,7-8,18-19H,3-4,6,9-10H2,1-2H3,(H,20,22). The molecular formula is C17H22N4O. The summed E-state index contributed by atoms with van der Waals surface area (Å²) in [5.41, 5.74) is 1.84. The van der Waals surface area contributed by atoms with Crippen molar-refractivity contribution >= 4 is 16.9 Å². The lowest BCUT2D eigenvalue weighted by atomic mass is 10.0. The third-order valence-electron chi connectivity index (χ3n) is 4.64. The van der Waals surface area contributed by atoms with Gasteiger partial charge in [0.1, 0.15) is 5.84 Å². The predicted octanol–water partition coefficient (Wildman–Crippen LogP) is 2.78. The summed E-state index contributed by atoms with van der Waals surface area (Å²) in [5.74, 6) is 0.362. The summed E-state index contributed by atoms with van der Waals surface area (Å²) in [6.45, 7) is 4.16. The molecule has 0 radical (unpaired) electrons. The number of aryl methyl sites for hydroxylation is 1. The Morgan fingerprint density at radius 3 is 2.77 bits per heavy atom. The van der Waals surface area contributed by atoms with E-state index >= 15 is 0 Å². The Morgan fingerprint density at radius 2 is 2.14 bits per heavy atom. The van der Waals surface area contributed by atoms with Crippen LogP contribution in [0.4, 0.5) is 0 Å². The van der Waals surface area contributed by atoms with Gasteiger partial charge in [-0.1, -0.05) is 32.4 Å². The van der Waals surface area contributed by atoms with Crippen LogP contribution in [0.1, 0.15) is 45.1 Å². The van der Waals surface area contributed by atoms with Gasteiger partial charge in [-0.05, 0) is 37.3 Å². The molecule has 1 aliphatic carbocycles. The van der Waals surface area contributed by atoms with E-state index in [2.05, 4.69) is 11.9 Å². The SMILES string of the molecule is CCCCc1cccc2c1[nH]c(=O)c(=N)n2C(=N)C1(C)CC1. The topological polar surface area (TPSA) is 85.5 Å². The first kappa shape index (κ1) is 14.8. The Morgan fingerprint density at radius 1 is 1.41 bits per heavy atom. The van der Waals surface area contributed by atoms with Crippen LogP contribution in [0.25, 0.3) is 11.0 Å². The van der Waals surface area contributed by atoms with Crippen LogP contribution in [-0.2, 0) is 6.42 Å². The van der Waals surface area contributed by atoms with E-state index in [1.165, 1.54) is 4.57 Å². The molecule has 0 unspecified atom stereocenters. The zero-order chi connectivity index (χ0) is 15.9. The highest BCUT2D eigenvalue weighted by molar-refractivity contribution is 5.96. The van der Waals surface area contributed by atoms with E-state index in [4.69, 9.17) is 10.8 Å². The van der Waals surface area contributed by atoms with E-state index in [1.54, 1.807) is 0 Å². The van der Waals surface area contributed by atoms with E-state index in [9.17, 15) is 4.79 Å². The number of unbranched alkanes of at least 4 members (excludes halogenated alkanes) is 1. The van der Waals surface area contributed by atoms with Crippen molar-refractivity contribution in [3.05, 3.63) is 39.6 Å². The number of nitrogens with zero attached hydrogens (tertiary/aromatic N) is 1. The molecule has 0 aliphatic heterocycles. The van der Waals surface area contributed by atoms with Crippen molar-refractivity contribution in [2.24, 2.45) is 5.41 Å². The van der Waals surface area contributed by atoms with E-state index in [0.717, 1.165) is 48.7 Å². The summed E-state index contributed by atoms with van der Waals surface area (Å²) in [6, 6.07) is 5.85. The van der Waals surface area contributed by atoms with Crippen LogP contribution in [-0.4, -0.2) is 15.4 Å². The van der Waals surface area contributed by atoms with E-state index in [1.807, 2.05) is 25.1 Å². The number of hydrogen-bond acceptors (Lipinski definition) is 3. The second kappa shape index (κ2) is 5.23. The molecule has 1 heterocycles. The summed E-state index contributed by atoms with van der Waals surface area (Å²) in [7, 11) is 0. The normalized spacial score (nSPS) is 15.9. The number of rotatable bonds is 4. The molecule has 1 fully saturated rings. The molecule has 2 aromatic rings. The quantitative estimate of drug-likeness (QED) is 0.588. The molecule has 0 bridgehead atoms. The summed E-state index contributed by atoms with van der Waals surface area (Å²) in [6.07, 6.45) is 4.93. The molecule has 0 spiro atoms. The van der Waals surface area contributed by atoms with E-state index in [0.29, 0.717) is 5.84 Å². The Labute approximate surface area is 129 Å². The molecule has 1 aliphatic rings. The molecule has 3 N–H and O–H groups in total. The van der Waals surface area contributed by atoms with Gasteiger partial charge in [-0.3, -0.25) is 20.2 Å². The van der Waals surface area contributed by atoms with Crippen molar-refractivity contribution in [1.82, 2.24) is 9.55 Å². The molecule has 0 atom stereocenters. The number of benzene rings is 1. The van der Waals surface area contributed by atoms with Gasteiger partial charge in [0.05, 0.1) is 11.0 Å². The van der Waals surface area contributed by atoms with Gasteiger partial charge < -0.3 is 4.98 Å². The molecule has 5 nitrogen and oxygen atoms in total. The van der Waals surface area contributed by atoms with Crippen LogP contribution in [0, 0.1) is 16.2 Å². The molecule has 1 aromatic heterocycles. The first-order valence-electron chi connectivity index (χ1n) is 7.89. The maximum absolute atomic E-state index is 12.2. The fourth-order valence-electron chi connectivity index (χ4n) is 2.81. The summed E-state index contributed by atoms with van der Waals surface area (Å²) in [4.78, 5) is 15.0. The lowest BCUT2D eigenvalue weighted by molar-refractivity contribution is 0.740. The molecule has 0 saturated heterocycles. The fraction of sp³-hybridized carbons (Fsp3) is 0.471. The van der Waals surface area contributed by atoms with Crippen LogP contribution >= 0.6 is 0 Å². The zero-order valence-corrected chi connectivity index (χ0v) is 13.1. The van der Waals surface area contributed by atoms with Gasteiger partial charge in [-0.25, -0.2) is 0 Å². The van der Waals surface area contributed by atoms with Crippen molar-refractivity contribution in [1.29, 1.82) is 10.8 Å². The molecule has 5 heteroatoms. The number of para-hydroxylation sites is 1. The third kappa shape index (κ3) is 2.30. The van der Waals surface area contributed by atoms with Gasteiger partial charge in [-0.2, -0.15) is 0 Å². The number of aromatic amines is 1. The Kier molecular flexibility index (Phi) is 3.51. The van der Waals surface area contributed by atoms with Gasteiger partial charge >= 0.3 is 0 Å². The van der Waals surface area contributed by atoms with Gasteiger partial charge in [0, 0.05) is 5.41 Å². The van der Waals surface area contributed by atoms with E-state index < -0.39 is 5.56 Å². The minimum absolute atomic E-state index is 0.154. The molecule has 3 rings (SSSR count). The van der Waals surface area contributed by atoms with Crippen molar-refractivity contribution in [3.63, 3.8) is 0 Å². The number of H-pyrrole nitrogens is 1. The molecular weight excluding hydrogens is 276 g/mol. The van der Waals surface area contributed by atoms with Crippen molar-refractivity contribution < 1.29 is 0 Å². The largest absolute Gasteiger partial charge is 0.317 e. The highest BCUT2D eigenvalue weighted by Gasteiger charge is 2.43. The van der Waals surface area contributed by atoms with Crippen LogP contribution in [0.2, 0.25) is 0 Å². The minimum Gasteiger partial charge on any atom is -0.317 e. The van der Waals surface area contributed by atoms with Crippen molar-refractivity contribution in [2.75, 3.05) is 0 Å². The smallest absolute Gasteiger partial charge is 0.291 e. The van der Waals surface area contributed by atoms with Crippen LogP contribution < -0.4 is 11.0 Å². The second-order valence-corrected chi connectivity index (χ2v) is 6.46. The van der Waals surface area contributed by atoms with Gasteiger partial charge in [0.25, 0.3) is 5.56 Å². The fourth-order valence-corrected chi connectivity index (χ4v) is 2.81. The van der Waals surface area contributed by atoms with Gasteiger partial charge in [-0.15, -0.1) is 0 Å². The first-order chi connectivity index (χ1) is 10.5. The monoisotopic (exact) mass is 298 g/mol. The lowest BCUT2D eigenvalue weighted by Crippen LogP contribution is -2.42. The average Bonchev–Trinajstić information content (AvgIpc) is 3.25. The highest BCUT2D eigenvalue weighted by atomic mass is 16.1. The first-order valence-corrected chi connectivity index (χ1v) is 7.89. The van der Waals surface area contributed by atoms with Crippen LogP contribution in [0.15, 0.2) is 23.0 Å². The summed E-state index contributed by atoms with van der Waals surface area (Å²) < 4.78 is 1.52. The van der Waals surface area contributed by atoms with Crippen molar-refractivity contribution in [3.8, 4) is 0 Å². The summed E-state index contributed by atoms with van der Waals surface area (Å²) in [5, 5.41) is 16.6. The van der Waals surface area contributed by atoms with E-state index in [-0.39, 0.29) is 10.9 Å². The lowest BCUT2D eigenvalue weighted by Gasteiger charge is -2.17. The third-order valence-corrected chi connectivity index (χ3v) is 4.64. The molecule has 116 valence electrons. The Bertz CT molecular complexity index is 855. The molecule has 1 aromatic carbocycles. The number of hydrogen-bond donors (Lipinski definition) is 3. The number of nitrogens with one attached hydrogen (secondary N) is 3. The number of aromatic nitrogens is 2. The maximum atomic E-state index is 12.2. The van der Waals surface area contributed by atoms with Crippen molar-refractivity contribution in [2.45, 2.75) is 46.0 Å². The minimum atomic E-state index is -0.426. The Balaban J connectivity index is 2.27. The molecule has 22 heavy (non-hydrogen) atoms. The zero-order valence-electron chi connectivity index (χ0n) is 13.1. The average molecular weight is 298 g/mol. The summed E-state index contributed by atoms with van der Waals surface area (Å²) >= 11 is 0. The van der Waals surface area contributed by atoms with Crippen LogP contribution in [0.3, 0.4) is 0 Å². The van der Waals surface area contributed by atoms with Gasteiger partial charge in [0.15, 0.2) is 5.49 Å². The predicted molar refractivity (Wildman–Crippen MR) is 87.5 cm³/mol. The Hall–Kier alpha value is -2.17.